The Morgan fingerprint density at radius 1 is 0.962 bits per heavy atom. The molecule has 0 radical (unpaired) electrons. The zero-order chi connectivity index (χ0) is 18.1. The van der Waals surface area contributed by atoms with E-state index >= 15 is 0 Å². The number of para-hydroxylation sites is 2. The van der Waals surface area contributed by atoms with Crippen molar-refractivity contribution in [1.82, 2.24) is 0 Å². The number of carbonyl (C=O) groups excluding carboxylic acids is 2. The third kappa shape index (κ3) is 3.12. The van der Waals surface area contributed by atoms with Crippen molar-refractivity contribution >= 4 is 34.8 Å². The first-order valence-electron chi connectivity index (χ1n) is 7.89. The highest BCUT2D eigenvalue weighted by atomic mass is 35.5. The smallest absolute Gasteiger partial charge is 0.259 e. The van der Waals surface area contributed by atoms with Gasteiger partial charge in [0.15, 0.2) is 5.75 Å². The van der Waals surface area contributed by atoms with Crippen molar-refractivity contribution in [3.8, 4) is 11.5 Å². The molecule has 0 unspecified atom stereocenters. The van der Waals surface area contributed by atoms with Gasteiger partial charge in [-0.05, 0) is 54.6 Å². The lowest BCUT2D eigenvalue weighted by molar-refractivity contribution is 0.101. The Bertz CT molecular complexity index is 1020. The second-order valence-electron chi connectivity index (χ2n) is 5.72. The fourth-order valence-corrected chi connectivity index (χ4v) is 2.77. The third-order valence-corrected chi connectivity index (χ3v) is 4.20. The number of halogens is 1. The SMILES string of the molecule is O=C(Nc1ccc2c(c1)C(=O)Nc1ccccc1O2)c1ccc(Cl)cc1. The van der Waals surface area contributed by atoms with E-state index in [1.807, 2.05) is 12.1 Å². The molecular weight excluding hydrogens is 352 g/mol. The maximum absolute atomic E-state index is 12.5. The molecule has 0 aliphatic carbocycles. The molecule has 6 heteroatoms. The van der Waals surface area contributed by atoms with Crippen LogP contribution in [-0.4, -0.2) is 11.8 Å². The molecule has 5 nitrogen and oxygen atoms in total. The van der Waals surface area contributed by atoms with E-state index in [2.05, 4.69) is 10.6 Å². The standard InChI is InChI=1S/C20H13ClN2O3/c21-13-7-5-12(6-8-13)19(24)22-14-9-10-17-15(11-14)20(25)23-16-3-1-2-4-18(16)26-17/h1-11H,(H,22,24)(H,23,25). The number of benzene rings is 3. The van der Waals surface area contributed by atoms with Crippen molar-refractivity contribution in [1.29, 1.82) is 0 Å². The Kier molecular flexibility index (Phi) is 4.07. The quantitative estimate of drug-likeness (QED) is 0.676. The van der Waals surface area contributed by atoms with Crippen molar-refractivity contribution < 1.29 is 14.3 Å². The average Bonchev–Trinajstić information content (AvgIpc) is 2.78. The van der Waals surface area contributed by atoms with E-state index in [0.29, 0.717) is 39.0 Å². The topological polar surface area (TPSA) is 67.4 Å². The summed E-state index contributed by atoms with van der Waals surface area (Å²) in [4.78, 5) is 24.8. The number of amides is 2. The van der Waals surface area contributed by atoms with E-state index in [9.17, 15) is 9.59 Å². The molecule has 0 saturated carbocycles. The summed E-state index contributed by atoms with van der Waals surface area (Å²) in [5, 5.41) is 6.13. The highest BCUT2D eigenvalue weighted by Gasteiger charge is 2.21. The molecule has 0 saturated heterocycles. The number of rotatable bonds is 2. The van der Waals surface area contributed by atoms with Gasteiger partial charge in [0.1, 0.15) is 5.75 Å². The van der Waals surface area contributed by atoms with Gasteiger partial charge in [0.25, 0.3) is 11.8 Å². The van der Waals surface area contributed by atoms with Crippen LogP contribution in [0.5, 0.6) is 11.5 Å². The van der Waals surface area contributed by atoms with Crippen LogP contribution < -0.4 is 15.4 Å². The molecule has 1 aliphatic heterocycles. The highest BCUT2D eigenvalue weighted by Crippen LogP contribution is 2.36. The van der Waals surface area contributed by atoms with Gasteiger partial charge in [-0.2, -0.15) is 0 Å². The number of carbonyl (C=O) groups is 2. The zero-order valence-electron chi connectivity index (χ0n) is 13.5. The lowest BCUT2D eigenvalue weighted by Gasteiger charge is -2.10. The summed E-state index contributed by atoms with van der Waals surface area (Å²) in [6.07, 6.45) is 0. The number of hydrogen-bond donors (Lipinski definition) is 2. The number of ether oxygens (including phenoxy) is 1. The predicted octanol–water partition coefficient (Wildman–Crippen LogP) is 4.95. The molecule has 4 rings (SSSR count). The molecule has 128 valence electrons. The van der Waals surface area contributed by atoms with Crippen LogP contribution in [0.4, 0.5) is 11.4 Å². The average molecular weight is 365 g/mol. The van der Waals surface area contributed by atoms with Gasteiger partial charge < -0.3 is 15.4 Å². The first kappa shape index (κ1) is 16.2. The number of nitrogens with one attached hydrogen (secondary N) is 2. The van der Waals surface area contributed by atoms with Gasteiger partial charge >= 0.3 is 0 Å². The minimum Gasteiger partial charge on any atom is -0.454 e. The molecule has 0 fully saturated rings. The Hall–Kier alpha value is -3.31. The Labute approximate surface area is 154 Å². The maximum Gasteiger partial charge on any atom is 0.259 e. The molecule has 0 aromatic heterocycles. The molecule has 1 heterocycles. The van der Waals surface area contributed by atoms with E-state index in [-0.39, 0.29) is 11.8 Å². The van der Waals surface area contributed by atoms with Gasteiger partial charge in [0.05, 0.1) is 11.3 Å². The van der Waals surface area contributed by atoms with Crippen LogP contribution in [0.1, 0.15) is 20.7 Å². The zero-order valence-corrected chi connectivity index (χ0v) is 14.2. The predicted molar refractivity (Wildman–Crippen MR) is 100 cm³/mol. The summed E-state index contributed by atoms with van der Waals surface area (Å²) < 4.78 is 5.82. The van der Waals surface area contributed by atoms with E-state index in [4.69, 9.17) is 16.3 Å². The number of fused-ring (bicyclic) bond motifs is 2. The van der Waals surface area contributed by atoms with Gasteiger partial charge in [-0.25, -0.2) is 0 Å². The Balaban J connectivity index is 1.61. The minimum atomic E-state index is -0.299. The second-order valence-corrected chi connectivity index (χ2v) is 6.16. The van der Waals surface area contributed by atoms with Crippen molar-refractivity contribution in [2.75, 3.05) is 10.6 Å². The summed E-state index contributed by atoms with van der Waals surface area (Å²) in [5.41, 5.74) is 1.90. The number of anilines is 2. The van der Waals surface area contributed by atoms with Gasteiger partial charge in [0, 0.05) is 16.3 Å². The Morgan fingerprint density at radius 2 is 1.73 bits per heavy atom. The van der Waals surface area contributed by atoms with Crippen LogP contribution in [0.25, 0.3) is 0 Å². The van der Waals surface area contributed by atoms with Gasteiger partial charge in [0.2, 0.25) is 0 Å². The van der Waals surface area contributed by atoms with Crippen LogP contribution in [-0.2, 0) is 0 Å². The molecule has 2 amide bonds. The molecule has 3 aromatic carbocycles. The Morgan fingerprint density at radius 3 is 2.54 bits per heavy atom. The molecule has 0 bridgehead atoms. The summed E-state index contributed by atoms with van der Waals surface area (Å²) in [6.45, 7) is 0. The molecule has 2 N–H and O–H groups in total. The molecule has 3 aromatic rings. The molecule has 1 aliphatic rings. The normalized spacial score (nSPS) is 12.1. The van der Waals surface area contributed by atoms with E-state index in [1.165, 1.54) is 0 Å². The summed E-state index contributed by atoms with van der Waals surface area (Å²) in [5.74, 6) is 0.405. The van der Waals surface area contributed by atoms with Crippen molar-refractivity contribution in [3.63, 3.8) is 0 Å². The van der Waals surface area contributed by atoms with Crippen molar-refractivity contribution in [2.45, 2.75) is 0 Å². The summed E-state index contributed by atoms with van der Waals surface area (Å²) >= 11 is 5.84. The third-order valence-electron chi connectivity index (χ3n) is 3.94. The monoisotopic (exact) mass is 364 g/mol. The van der Waals surface area contributed by atoms with Crippen molar-refractivity contribution in [2.24, 2.45) is 0 Å². The largest absolute Gasteiger partial charge is 0.454 e. The first-order valence-corrected chi connectivity index (χ1v) is 8.27. The molecule has 26 heavy (non-hydrogen) atoms. The minimum absolute atomic E-state index is 0.292. The lowest BCUT2D eigenvalue weighted by Crippen LogP contribution is -2.14. The van der Waals surface area contributed by atoms with Crippen LogP contribution in [0.15, 0.2) is 66.7 Å². The van der Waals surface area contributed by atoms with Crippen molar-refractivity contribution in [3.05, 3.63) is 82.9 Å². The maximum atomic E-state index is 12.5. The highest BCUT2D eigenvalue weighted by molar-refractivity contribution is 6.30. The lowest BCUT2D eigenvalue weighted by atomic mass is 10.1. The number of hydrogen-bond acceptors (Lipinski definition) is 3. The van der Waals surface area contributed by atoms with Gasteiger partial charge in [-0.3, -0.25) is 9.59 Å². The van der Waals surface area contributed by atoms with Crippen LogP contribution in [0.3, 0.4) is 0 Å². The molecule has 0 spiro atoms. The van der Waals surface area contributed by atoms with E-state index in [0.717, 1.165) is 0 Å². The summed E-state index contributed by atoms with van der Waals surface area (Å²) in [7, 11) is 0. The van der Waals surface area contributed by atoms with E-state index < -0.39 is 0 Å². The molecular formula is C20H13ClN2O3. The van der Waals surface area contributed by atoms with E-state index in [1.54, 1.807) is 54.6 Å². The van der Waals surface area contributed by atoms with Crippen LogP contribution in [0, 0.1) is 0 Å². The van der Waals surface area contributed by atoms with Crippen LogP contribution in [0.2, 0.25) is 5.02 Å². The summed E-state index contributed by atoms with van der Waals surface area (Å²) in [6, 6.07) is 18.7. The second kappa shape index (κ2) is 6.54. The fourth-order valence-electron chi connectivity index (χ4n) is 2.65. The van der Waals surface area contributed by atoms with Crippen LogP contribution >= 0.6 is 11.6 Å². The fraction of sp³-hybridized carbons (Fsp3) is 0. The molecule has 0 atom stereocenters. The van der Waals surface area contributed by atoms with Gasteiger partial charge in [-0.1, -0.05) is 23.7 Å². The first-order chi connectivity index (χ1) is 12.6. The van der Waals surface area contributed by atoms with Gasteiger partial charge in [-0.15, -0.1) is 0 Å².